The van der Waals surface area contributed by atoms with Gasteiger partial charge in [0.05, 0.1) is 35.6 Å². The molecule has 0 saturated heterocycles. The molecule has 2 atom stereocenters. The fourth-order valence-electron chi connectivity index (χ4n) is 3.88. The molecule has 4 rings (SSSR count). The maximum absolute atomic E-state index is 12.3. The van der Waals surface area contributed by atoms with Crippen molar-refractivity contribution >= 4 is 34.9 Å². The average molecular weight is 428 g/mol. The van der Waals surface area contributed by atoms with E-state index in [0.29, 0.717) is 5.56 Å². The Bertz CT molecular complexity index is 1330. The van der Waals surface area contributed by atoms with Crippen molar-refractivity contribution in [1.82, 2.24) is 9.78 Å². The van der Waals surface area contributed by atoms with Gasteiger partial charge in [-0.1, -0.05) is 18.2 Å². The Morgan fingerprint density at radius 3 is 2.84 bits per heavy atom. The van der Waals surface area contributed by atoms with Crippen LogP contribution in [0.1, 0.15) is 28.8 Å². The summed E-state index contributed by atoms with van der Waals surface area (Å²) in [6, 6.07) is 17.5. The lowest BCUT2D eigenvalue weighted by atomic mass is 9.80. The molecule has 154 valence electrons. The SMILES string of the molecule is Cn1ncc2cc([C@H](C=O)[C@](C)(N=CN)c3cc(-c4cccc(C#N)c4)cs3)ccc21. The van der Waals surface area contributed by atoms with Gasteiger partial charge in [0.15, 0.2) is 0 Å². The van der Waals surface area contributed by atoms with Crippen LogP contribution in [0.5, 0.6) is 0 Å². The molecule has 0 radical (unpaired) electrons. The lowest BCUT2D eigenvalue weighted by Crippen LogP contribution is -2.29. The van der Waals surface area contributed by atoms with Crippen LogP contribution in [0.2, 0.25) is 0 Å². The summed E-state index contributed by atoms with van der Waals surface area (Å²) in [5, 5.41) is 16.5. The number of aryl methyl sites for hydroxylation is 1. The molecule has 0 saturated carbocycles. The predicted molar refractivity (Wildman–Crippen MR) is 124 cm³/mol. The van der Waals surface area contributed by atoms with Crippen LogP contribution >= 0.6 is 11.3 Å². The van der Waals surface area contributed by atoms with Crippen molar-refractivity contribution in [2.24, 2.45) is 17.8 Å². The third kappa shape index (κ3) is 3.62. The van der Waals surface area contributed by atoms with Crippen molar-refractivity contribution in [2.45, 2.75) is 18.4 Å². The van der Waals surface area contributed by atoms with E-state index in [-0.39, 0.29) is 0 Å². The standard InChI is InChI=1S/C24H21N5OS/c1-24(27-15-26,21(13-30)18-6-7-22-19(9-18)12-28-29(22)2)23-10-20(14-31-23)17-5-3-4-16(8-17)11-25/h3-10,12-15,21H,1-2H3,(H2,26,27)/t21-,24-/m0/s1. The first-order valence-electron chi connectivity index (χ1n) is 9.72. The number of fused-ring (bicyclic) bond motifs is 1. The molecule has 2 N–H and O–H groups in total. The third-order valence-electron chi connectivity index (χ3n) is 5.64. The summed E-state index contributed by atoms with van der Waals surface area (Å²) < 4.78 is 1.80. The van der Waals surface area contributed by atoms with E-state index in [0.717, 1.165) is 38.8 Å². The third-order valence-corrected chi connectivity index (χ3v) is 6.79. The number of nitriles is 1. The molecule has 0 bridgehead atoms. The first-order valence-corrected chi connectivity index (χ1v) is 10.6. The first kappa shape index (κ1) is 20.5. The van der Waals surface area contributed by atoms with Crippen molar-refractivity contribution in [3.8, 4) is 17.2 Å². The molecule has 4 aromatic rings. The number of thiophene rings is 1. The fraction of sp³-hybridized carbons (Fsp3) is 0.167. The second-order valence-electron chi connectivity index (χ2n) is 7.52. The largest absolute Gasteiger partial charge is 0.390 e. The minimum atomic E-state index is -0.873. The number of nitrogens with zero attached hydrogens (tertiary/aromatic N) is 4. The number of hydrogen-bond donors (Lipinski definition) is 1. The first-order chi connectivity index (χ1) is 15.0. The van der Waals surface area contributed by atoms with Gasteiger partial charge in [-0.3, -0.25) is 9.67 Å². The summed E-state index contributed by atoms with van der Waals surface area (Å²) in [5.41, 5.74) is 9.21. The molecule has 0 aliphatic rings. The van der Waals surface area contributed by atoms with Gasteiger partial charge in [-0.15, -0.1) is 11.3 Å². The summed E-state index contributed by atoms with van der Waals surface area (Å²) >= 11 is 1.52. The molecule has 2 aromatic heterocycles. The monoisotopic (exact) mass is 427 g/mol. The lowest BCUT2D eigenvalue weighted by Gasteiger charge is -2.30. The van der Waals surface area contributed by atoms with E-state index in [9.17, 15) is 10.1 Å². The lowest BCUT2D eigenvalue weighted by molar-refractivity contribution is -0.110. The highest BCUT2D eigenvalue weighted by molar-refractivity contribution is 7.10. The number of carbonyl (C=O) groups excluding carboxylic acids is 1. The zero-order valence-electron chi connectivity index (χ0n) is 17.2. The number of aliphatic imine (C=N–C) groups is 1. The Morgan fingerprint density at radius 1 is 1.26 bits per heavy atom. The molecule has 0 unspecified atom stereocenters. The molecule has 0 amide bonds. The highest BCUT2D eigenvalue weighted by Gasteiger charge is 2.38. The van der Waals surface area contributed by atoms with Gasteiger partial charge < -0.3 is 10.5 Å². The number of carbonyl (C=O) groups is 1. The van der Waals surface area contributed by atoms with Crippen LogP contribution in [0, 0.1) is 11.3 Å². The van der Waals surface area contributed by atoms with Gasteiger partial charge in [0.1, 0.15) is 11.8 Å². The van der Waals surface area contributed by atoms with Crippen LogP contribution in [0.4, 0.5) is 0 Å². The molecule has 0 aliphatic carbocycles. The maximum Gasteiger partial charge on any atom is 0.130 e. The number of rotatable bonds is 6. The number of aldehydes is 1. The predicted octanol–water partition coefficient (Wildman–Crippen LogP) is 4.36. The van der Waals surface area contributed by atoms with Crippen molar-refractivity contribution < 1.29 is 4.79 Å². The van der Waals surface area contributed by atoms with Crippen molar-refractivity contribution in [2.75, 3.05) is 0 Å². The fourth-order valence-corrected chi connectivity index (χ4v) is 4.96. The topological polar surface area (TPSA) is 97.1 Å². The van der Waals surface area contributed by atoms with Gasteiger partial charge in [0.25, 0.3) is 0 Å². The van der Waals surface area contributed by atoms with Crippen molar-refractivity contribution in [1.29, 1.82) is 5.26 Å². The van der Waals surface area contributed by atoms with E-state index in [2.05, 4.69) is 16.2 Å². The zero-order chi connectivity index (χ0) is 22.0. The Hall–Kier alpha value is -3.76. The molecule has 0 spiro atoms. The molecular formula is C24H21N5OS. The zero-order valence-corrected chi connectivity index (χ0v) is 18.0. The Labute approximate surface area is 184 Å². The molecule has 2 aromatic carbocycles. The van der Waals surface area contributed by atoms with Gasteiger partial charge in [-0.25, -0.2) is 0 Å². The normalized spacial score (nSPS) is 14.4. The van der Waals surface area contributed by atoms with Crippen molar-refractivity contribution in [3.05, 3.63) is 76.1 Å². The Kier molecular flexibility index (Phi) is 5.40. The van der Waals surface area contributed by atoms with Gasteiger partial charge >= 0.3 is 0 Å². The van der Waals surface area contributed by atoms with Crippen LogP contribution in [-0.4, -0.2) is 22.4 Å². The van der Waals surface area contributed by atoms with Crippen molar-refractivity contribution in [3.63, 3.8) is 0 Å². The molecule has 2 heterocycles. The van der Waals surface area contributed by atoms with E-state index < -0.39 is 11.5 Å². The number of benzene rings is 2. The minimum absolute atomic E-state index is 0.533. The number of nitrogens with two attached hydrogens (primary N) is 1. The van der Waals surface area contributed by atoms with Gasteiger partial charge in [0.2, 0.25) is 0 Å². The minimum Gasteiger partial charge on any atom is -0.390 e. The van der Waals surface area contributed by atoms with Crippen LogP contribution < -0.4 is 5.73 Å². The average Bonchev–Trinajstić information content (AvgIpc) is 3.42. The summed E-state index contributed by atoms with van der Waals surface area (Å²) in [5.74, 6) is -0.533. The van der Waals surface area contributed by atoms with Gasteiger partial charge in [-0.05, 0) is 59.3 Å². The molecule has 6 nitrogen and oxygen atoms in total. The second kappa shape index (κ2) is 8.17. The highest BCUT2D eigenvalue weighted by atomic mass is 32.1. The number of aromatic nitrogens is 2. The van der Waals surface area contributed by atoms with E-state index in [1.165, 1.54) is 17.7 Å². The van der Waals surface area contributed by atoms with E-state index in [1.807, 2.05) is 61.8 Å². The van der Waals surface area contributed by atoms with Crippen LogP contribution in [0.15, 0.2) is 65.1 Å². The summed E-state index contributed by atoms with van der Waals surface area (Å²) in [6.07, 6.45) is 3.98. The molecule has 0 fully saturated rings. The quantitative estimate of drug-likeness (QED) is 0.281. The molecule has 7 heteroatoms. The Morgan fingerprint density at radius 2 is 2.10 bits per heavy atom. The molecule has 31 heavy (non-hydrogen) atoms. The highest BCUT2D eigenvalue weighted by Crippen LogP contribution is 2.43. The van der Waals surface area contributed by atoms with E-state index in [4.69, 9.17) is 5.73 Å². The van der Waals surface area contributed by atoms with E-state index >= 15 is 0 Å². The second-order valence-corrected chi connectivity index (χ2v) is 8.43. The van der Waals surface area contributed by atoms with Crippen LogP contribution in [0.25, 0.3) is 22.0 Å². The summed E-state index contributed by atoms with van der Waals surface area (Å²) in [6.45, 7) is 1.92. The smallest absolute Gasteiger partial charge is 0.130 e. The van der Waals surface area contributed by atoms with E-state index in [1.54, 1.807) is 16.9 Å². The summed E-state index contributed by atoms with van der Waals surface area (Å²) in [7, 11) is 1.89. The van der Waals surface area contributed by atoms with Gasteiger partial charge in [-0.2, -0.15) is 10.4 Å². The Balaban J connectivity index is 1.79. The molecule has 0 aliphatic heterocycles. The summed E-state index contributed by atoms with van der Waals surface area (Å²) in [4.78, 5) is 17.8. The van der Waals surface area contributed by atoms with Crippen LogP contribution in [-0.2, 0) is 17.4 Å². The maximum atomic E-state index is 12.3. The molecular weight excluding hydrogens is 406 g/mol. The number of hydrogen-bond acceptors (Lipinski definition) is 5. The van der Waals surface area contributed by atoms with Gasteiger partial charge in [0, 0.05) is 17.3 Å². The van der Waals surface area contributed by atoms with Crippen LogP contribution in [0.3, 0.4) is 0 Å².